The molecule has 8 heteroatoms. The highest BCUT2D eigenvalue weighted by Gasteiger charge is 2.69. The maximum Gasteiger partial charge on any atom is 0.407 e. The zero-order chi connectivity index (χ0) is 17.4. The molecule has 23 heavy (non-hydrogen) atoms. The lowest BCUT2D eigenvalue weighted by Gasteiger charge is -2.33. The smallest absolute Gasteiger partial charge is 0.407 e. The number of carbonyl (C=O) groups is 3. The van der Waals surface area contributed by atoms with Gasteiger partial charge in [0.1, 0.15) is 5.78 Å². The lowest BCUT2D eigenvalue weighted by Crippen LogP contribution is -2.58. The van der Waals surface area contributed by atoms with Crippen molar-refractivity contribution in [2.24, 2.45) is 11.8 Å². The highest BCUT2D eigenvalue weighted by Crippen LogP contribution is 2.51. The van der Waals surface area contributed by atoms with Gasteiger partial charge in [-0.25, -0.2) is 14.0 Å². The van der Waals surface area contributed by atoms with Crippen LogP contribution in [0.2, 0.25) is 25.7 Å². The van der Waals surface area contributed by atoms with Crippen LogP contribution < -0.4 is 5.32 Å². The molecule has 2 rings (SSSR count). The number of Topliss-reactive ketones (excluding diaryl/α,β-unsaturated/α-hetero) is 1. The van der Waals surface area contributed by atoms with Crippen molar-refractivity contribution >= 4 is 25.9 Å². The van der Waals surface area contributed by atoms with E-state index in [-0.39, 0.29) is 12.4 Å². The van der Waals surface area contributed by atoms with E-state index < -0.39 is 43.7 Å². The summed E-state index contributed by atoms with van der Waals surface area (Å²) in [5.41, 5.74) is -2.49. The van der Waals surface area contributed by atoms with E-state index in [2.05, 4.69) is 29.7 Å². The fraction of sp³-hybridized carbons (Fsp3) is 0.800. The van der Waals surface area contributed by atoms with Gasteiger partial charge in [-0.05, 0) is 18.9 Å². The van der Waals surface area contributed by atoms with Crippen LogP contribution in [-0.4, -0.2) is 51.3 Å². The van der Waals surface area contributed by atoms with Gasteiger partial charge in [-0.3, -0.25) is 4.79 Å². The number of fused-ring (bicyclic) bond motifs is 2. The molecule has 0 aliphatic heterocycles. The zero-order valence-electron chi connectivity index (χ0n) is 14.0. The van der Waals surface area contributed by atoms with Crippen molar-refractivity contribution in [3.8, 4) is 0 Å². The topological polar surface area (TPSA) is 81.7 Å². The fourth-order valence-corrected chi connectivity index (χ4v) is 4.11. The zero-order valence-corrected chi connectivity index (χ0v) is 15.0. The largest absolute Gasteiger partial charge is 0.467 e. The van der Waals surface area contributed by atoms with Gasteiger partial charge < -0.3 is 14.8 Å². The Morgan fingerprint density at radius 1 is 1.35 bits per heavy atom. The Balaban J connectivity index is 2.04. The van der Waals surface area contributed by atoms with Gasteiger partial charge >= 0.3 is 12.1 Å². The number of amides is 1. The highest BCUT2D eigenvalue weighted by molar-refractivity contribution is 6.76. The van der Waals surface area contributed by atoms with Gasteiger partial charge in [0.2, 0.25) is 5.67 Å². The monoisotopic (exact) mass is 345 g/mol. The average molecular weight is 345 g/mol. The molecule has 2 fully saturated rings. The number of halogens is 1. The van der Waals surface area contributed by atoms with E-state index in [4.69, 9.17) is 4.74 Å². The molecule has 2 aliphatic carbocycles. The normalized spacial score (nSPS) is 32.7. The Bertz CT molecular complexity index is 520. The van der Waals surface area contributed by atoms with Crippen molar-refractivity contribution in [3.05, 3.63) is 0 Å². The maximum absolute atomic E-state index is 15.2. The van der Waals surface area contributed by atoms with E-state index in [1.807, 2.05) is 0 Å². The summed E-state index contributed by atoms with van der Waals surface area (Å²) in [6.07, 6.45) is -0.0243. The second-order valence-corrected chi connectivity index (χ2v) is 13.1. The molecule has 0 radical (unpaired) electrons. The van der Waals surface area contributed by atoms with Crippen LogP contribution in [0.3, 0.4) is 0 Å². The minimum absolute atomic E-state index is 0.244. The van der Waals surface area contributed by atoms with Gasteiger partial charge in [-0.15, -0.1) is 0 Å². The van der Waals surface area contributed by atoms with E-state index in [0.717, 1.165) is 13.2 Å². The van der Waals surface area contributed by atoms with Crippen LogP contribution in [0.1, 0.15) is 12.8 Å². The summed E-state index contributed by atoms with van der Waals surface area (Å²) in [5.74, 6) is -3.14. The highest BCUT2D eigenvalue weighted by atomic mass is 28.3. The quantitative estimate of drug-likeness (QED) is 0.608. The Morgan fingerprint density at radius 3 is 2.57 bits per heavy atom. The third kappa shape index (κ3) is 3.27. The third-order valence-corrected chi connectivity index (χ3v) is 6.40. The molecule has 0 heterocycles. The van der Waals surface area contributed by atoms with Crippen molar-refractivity contribution in [1.29, 1.82) is 0 Å². The molecule has 130 valence electrons. The number of hydrogen-bond acceptors (Lipinski definition) is 5. The Kier molecular flexibility index (Phi) is 4.84. The van der Waals surface area contributed by atoms with Crippen LogP contribution in [0, 0.1) is 11.8 Å². The van der Waals surface area contributed by atoms with Crippen LogP contribution in [0.15, 0.2) is 0 Å². The second kappa shape index (κ2) is 6.22. The lowest BCUT2D eigenvalue weighted by molar-refractivity contribution is -0.161. The van der Waals surface area contributed by atoms with Crippen molar-refractivity contribution in [1.82, 2.24) is 5.32 Å². The maximum atomic E-state index is 15.2. The number of ether oxygens (including phenoxy) is 2. The molecule has 1 amide bonds. The molecular weight excluding hydrogens is 321 g/mol. The van der Waals surface area contributed by atoms with Gasteiger partial charge in [0.15, 0.2) is 0 Å². The van der Waals surface area contributed by atoms with Crippen LogP contribution in [0.4, 0.5) is 9.18 Å². The number of nitrogens with one attached hydrogen (secondary N) is 1. The molecule has 2 bridgehead atoms. The number of rotatable bonds is 5. The number of alkyl carbamates (subject to hydrolysis) is 1. The minimum atomic E-state index is -2.49. The Hall–Kier alpha value is -1.44. The SMILES string of the molecule is COC(=O)[C@@]1(F)C2CCC(C2=O)[C@H]1NC(=O)OCC[Si](C)(C)C. The number of alkyl halides is 1. The fourth-order valence-electron chi connectivity index (χ4n) is 3.40. The van der Waals surface area contributed by atoms with Gasteiger partial charge in [0.25, 0.3) is 0 Å². The van der Waals surface area contributed by atoms with E-state index in [1.54, 1.807) is 0 Å². The minimum Gasteiger partial charge on any atom is -0.467 e. The number of esters is 1. The molecule has 0 spiro atoms. The van der Waals surface area contributed by atoms with E-state index >= 15 is 4.39 Å². The third-order valence-electron chi connectivity index (χ3n) is 4.69. The first-order valence-corrected chi connectivity index (χ1v) is 11.6. The summed E-state index contributed by atoms with van der Waals surface area (Å²) >= 11 is 0. The van der Waals surface area contributed by atoms with Crippen LogP contribution >= 0.6 is 0 Å². The average Bonchev–Trinajstić information content (AvgIpc) is 2.91. The predicted molar refractivity (Wildman–Crippen MR) is 83.5 cm³/mol. The Morgan fingerprint density at radius 2 is 2.00 bits per heavy atom. The summed E-state index contributed by atoms with van der Waals surface area (Å²) in [6.45, 7) is 6.68. The standard InChI is InChI=1S/C15H24FNO5Si/c1-21-13(19)15(16)10-6-5-9(11(10)18)12(15)17-14(20)22-7-8-23(2,3)4/h9-10,12H,5-8H2,1-4H3,(H,17,20)/t9?,10?,12-,15-/m1/s1. The molecular formula is C15H24FNO5Si. The predicted octanol–water partition coefficient (Wildman–Crippen LogP) is 1.91. The first-order valence-electron chi connectivity index (χ1n) is 7.85. The molecule has 2 saturated carbocycles. The van der Waals surface area contributed by atoms with Crippen LogP contribution in [-0.2, 0) is 19.1 Å². The van der Waals surface area contributed by atoms with E-state index in [0.29, 0.717) is 12.8 Å². The summed E-state index contributed by atoms with van der Waals surface area (Å²) in [6, 6.07) is -0.422. The number of ketones is 1. The first kappa shape index (κ1) is 17.9. The molecule has 0 aromatic rings. The molecule has 2 unspecified atom stereocenters. The summed E-state index contributed by atoms with van der Waals surface area (Å²) in [5, 5.41) is 2.39. The molecule has 2 aliphatic rings. The van der Waals surface area contributed by atoms with Gasteiger partial charge in [-0.2, -0.15) is 0 Å². The summed E-state index contributed by atoms with van der Waals surface area (Å²) in [4.78, 5) is 35.9. The molecule has 4 atom stereocenters. The van der Waals surface area contributed by atoms with Gasteiger partial charge in [0, 0.05) is 14.0 Å². The van der Waals surface area contributed by atoms with Gasteiger partial charge in [-0.1, -0.05) is 19.6 Å². The van der Waals surface area contributed by atoms with Crippen LogP contribution in [0.25, 0.3) is 0 Å². The molecule has 0 aromatic carbocycles. The number of methoxy groups -OCH3 is 1. The van der Waals surface area contributed by atoms with Crippen molar-refractivity contribution in [3.63, 3.8) is 0 Å². The van der Waals surface area contributed by atoms with E-state index in [9.17, 15) is 14.4 Å². The van der Waals surface area contributed by atoms with Crippen molar-refractivity contribution < 1.29 is 28.2 Å². The molecule has 1 N–H and O–H groups in total. The van der Waals surface area contributed by atoms with Crippen molar-refractivity contribution in [2.45, 2.75) is 50.2 Å². The first-order chi connectivity index (χ1) is 10.6. The van der Waals surface area contributed by atoms with Gasteiger partial charge in [0.05, 0.1) is 25.7 Å². The number of carbonyl (C=O) groups excluding carboxylic acids is 3. The van der Waals surface area contributed by atoms with Crippen molar-refractivity contribution in [2.75, 3.05) is 13.7 Å². The lowest BCUT2D eigenvalue weighted by atomic mass is 9.81. The number of hydrogen-bond donors (Lipinski definition) is 1. The molecule has 6 nitrogen and oxygen atoms in total. The summed E-state index contributed by atoms with van der Waals surface area (Å²) in [7, 11) is -0.279. The molecule has 0 aromatic heterocycles. The molecule has 0 saturated heterocycles. The second-order valence-electron chi connectivity index (χ2n) is 7.47. The summed E-state index contributed by atoms with van der Waals surface area (Å²) < 4.78 is 24.8. The van der Waals surface area contributed by atoms with E-state index in [1.165, 1.54) is 0 Å². The van der Waals surface area contributed by atoms with Crippen LogP contribution in [0.5, 0.6) is 0 Å². The Labute approximate surface area is 136 Å².